The van der Waals surface area contributed by atoms with E-state index in [2.05, 4.69) is 0 Å². The van der Waals surface area contributed by atoms with E-state index in [1.165, 1.54) is 12.8 Å². The third-order valence-corrected chi connectivity index (χ3v) is 2.83. The topological polar surface area (TPSA) is 53.7 Å². The molecule has 0 bridgehead atoms. The van der Waals surface area contributed by atoms with Crippen molar-refractivity contribution >= 4 is 0 Å². The highest BCUT2D eigenvalue weighted by Crippen LogP contribution is 2.12. The van der Waals surface area contributed by atoms with Gasteiger partial charge >= 0.3 is 0 Å². The molecule has 2 atom stereocenters. The van der Waals surface area contributed by atoms with Crippen LogP contribution in [0.5, 0.6) is 0 Å². The van der Waals surface area contributed by atoms with Crippen LogP contribution in [-0.2, 0) is 14.2 Å². The van der Waals surface area contributed by atoms with Gasteiger partial charge in [0.05, 0.1) is 18.8 Å². The maximum atomic E-state index is 5.59. The normalized spacial score (nSPS) is 23.2. The maximum Gasteiger partial charge on any atom is 0.0808 e. The number of rotatable bonds is 8. The van der Waals surface area contributed by atoms with Crippen molar-refractivity contribution in [2.45, 2.75) is 44.8 Å². The molecule has 0 radical (unpaired) electrons. The number of nitrogens with two attached hydrogens (primary N) is 1. The van der Waals surface area contributed by atoms with Crippen molar-refractivity contribution in [3.63, 3.8) is 0 Å². The van der Waals surface area contributed by atoms with Gasteiger partial charge in [-0.05, 0) is 32.6 Å². The van der Waals surface area contributed by atoms with Gasteiger partial charge < -0.3 is 19.9 Å². The van der Waals surface area contributed by atoms with Gasteiger partial charge in [-0.15, -0.1) is 0 Å². The Bertz CT molecular complexity index is 154. The van der Waals surface area contributed by atoms with Crippen LogP contribution in [-0.4, -0.2) is 45.2 Å². The molecule has 0 spiro atoms. The van der Waals surface area contributed by atoms with E-state index < -0.39 is 0 Å². The average molecular weight is 231 g/mol. The SMILES string of the molecule is CCOC(CN)CCOCC1CCCCO1. The lowest BCUT2D eigenvalue weighted by Crippen LogP contribution is -2.27. The second kappa shape index (κ2) is 8.93. The first-order chi connectivity index (χ1) is 7.86. The smallest absolute Gasteiger partial charge is 0.0808 e. The maximum absolute atomic E-state index is 5.59. The Hall–Kier alpha value is -0.160. The first-order valence-electron chi connectivity index (χ1n) is 6.37. The minimum atomic E-state index is 0.136. The summed E-state index contributed by atoms with van der Waals surface area (Å²) in [4.78, 5) is 0. The predicted octanol–water partition coefficient (Wildman–Crippen LogP) is 1.33. The quantitative estimate of drug-likeness (QED) is 0.640. The van der Waals surface area contributed by atoms with Crippen molar-refractivity contribution in [3.05, 3.63) is 0 Å². The largest absolute Gasteiger partial charge is 0.379 e. The fourth-order valence-electron chi connectivity index (χ4n) is 1.87. The lowest BCUT2D eigenvalue weighted by molar-refractivity contribution is -0.0479. The van der Waals surface area contributed by atoms with Crippen LogP contribution >= 0.6 is 0 Å². The molecule has 1 saturated heterocycles. The summed E-state index contributed by atoms with van der Waals surface area (Å²) >= 11 is 0. The number of hydrogen-bond donors (Lipinski definition) is 1. The molecular weight excluding hydrogens is 206 g/mol. The van der Waals surface area contributed by atoms with Crippen LogP contribution in [0.4, 0.5) is 0 Å². The summed E-state index contributed by atoms with van der Waals surface area (Å²) in [6.07, 6.45) is 4.89. The molecule has 1 aliphatic heterocycles. The van der Waals surface area contributed by atoms with E-state index >= 15 is 0 Å². The zero-order chi connectivity index (χ0) is 11.6. The van der Waals surface area contributed by atoms with Gasteiger partial charge in [-0.2, -0.15) is 0 Å². The van der Waals surface area contributed by atoms with Crippen molar-refractivity contribution in [2.24, 2.45) is 5.73 Å². The Balaban J connectivity index is 1.97. The second-order valence-corrected chi connectivity index (χ2v) is 4.17. The van der Waals surface area contributed by atoms with Crippen LogP contribution in [0.1, 0.15) is 32.6 Å². The van der Waals surface area contributed by atoms with Gasteiger partial charge in [-0.25, -0.2) is 0 Å². The first-order valence-corrected chi connectivity index (χ1v) is 6.37. The van der Waals surface area contributed by atoms with E-state index in [0.717, 1.165) is 19.4 Å². The Morgan fingerprint density at radius 3 is 2.94 bits per heavy atom. The van der Waals surface area contributed by atoms with Crippen LogP contribution in [0.3, 0.4) is 0 Å². The summed E-state index contributed by atoms with van der Waals surface area (Å²) < 4.78 is 16.6. The van der Waals surface area contributed by atoms with Crippen LogP contribution in [0.25, 0.3) is 0 Å². The molecule has 0 aliphatic carbocycles. The molecule has 0 amide bonds. The molecule has 1 fully saturated rings. The zero-order valence-corrected chi connectivity index (χ0v) is 10.3. The standard InChI is InChI=1S/C12H25NO3/c1-2-15-11(9-13)6-8-14-10-12-5-3-4-7-16-12/h11-12H,2-10,13H2,1H3. The van der Waals surface area contributed by atoms with E-state index in [9.17, 15) is 0 Å². The van der Waals surface area contributed by atoms with E-state index in [1.807, 2.05) is 6.92 Å². The molecule has 96 valence electrons. The fourth-order valence-corrected chi connectivity index (χ4v) is 1.87. The van der Waals surface area contributed by atoms with Crippen molar-refractivity contribution in [3.8, 4) is 0 Å². The van der Waals surface area contributed by atoms with Gasteiger partial charge in [0.2, 0.25) is 0 Å². The molecule has 0 aromatic heterocycles. The monoisotopic (exact) mass is 231 g/mol. The molecular formula is C12H25NO3. The Morgan fingerprint density at radius 1 is 1.44 bits per heavy atom. The Morgan fingerprint density at radius 2 is 2.31 bits per heavy atom. The molecule has 4 nitrogen and oxygen atoms in total. The summed E-state index contributed by atoms with van der Waals surface area (Å²) in [5, 5.41) is 0. The van der Waals surface area contributed by atoms with Crippen LogP contribution in [0, 0.1) is 0 Å². The second-order valence-electron chi connectivity index (χ2n) is 4.17. The first kappa shape index (κ1) is 13.9. The van der Waals surface area contributed by atoms with Gasteiger partial charge in [0.25, 0.3) is 0 Å². The molecule has 1 rings (SSSR count). The number of hydrogen-bond acceptors (Lipinski definition) is 4. The third-order valence-electron chi connectivity index (χ3n) is 2.83. The molecule has 0 aromatic carbocycles. The highest BCUT2D eigenvalue weighted by Gasteiger charge is 2.14. The molecule has 4 heteroatoms. The average Bonchev–Trinajstić information content (AvgIpc) is 2.34. The highest BCUT2D eigenvalue weighted by molar-refractivity contribution is 4.63. The van der Waals surface area contributed by atoms with Crippen LogP contribution in [0.2, 0.25) is 0 Å². The lowest BCUT2D eigenvalue weighted by Gasteiger charge is -2.22. The summed E-state index contributed by atoms with van der Waals surface area (Å²) in [5.74, 6) is 0. The predicted molar refractivity (Wildman–Crippen MR) is 63.5 cm³/mol. The minimum Gasteiger partial charge on any atom is -0.379 e. The van der Waals surface area contributed by atoms with Crippen LogP contribution in [0.15, 0.2) is 0 Å². The van der Waals surface area contributed by atoms with E-state index in [-0.39, 0.29) is 6.10 Å². The number of ether oxygens (including phenoxy) is 3. The molecule has 0 aromatic rings. The van der Waals surface area contributed by atoms with E-state index in [1.54, 1.807) is 0 Å². The van der Waals surface area contributed by atoms with E-state index in [4.69, 9.17) is 19.9 Å². The Kier molecular flexibility index (Phi) is 7.76. The Labute approximate surface area is 98.4 Å². The van der Waals surface area contributed by atoms with E-state index in [0.29, 0.717) is 32.5 Å². The van der Waals surface area contributed by atoms with Gasteiger partial charge in [0.1, 0.15) is 0 Å². The van der Waals surface area contributed by atoms with Crippen LogP contribution < -0.4 is 5.73 Å². The molecule has 2 N–H and O–H groups in total. The summed E-state index contributed by atoms with van der Waals surface area (Å²) in [7, 11) is 0. The van der Waals surface area contributed by atoms with Crippen molar-refractivity contribution < 1.29 is 14.2 Å². The fraction of sp³-hybridized carbons (Fsp3) is 1.00. The van der Waals surface area contributed by atoms with Crippen molar-refractivity contribution in [2.75, 3.05) is 33.0 Å². The molecule has 0 saturated carbocycles. The summed E-state index contributed by atoms with van der Waals surface area (Å²) in [6, 6.07) is 0. The highest BCUT2D eigenvalue weighted by atomic mass is 16.5. The van der Waals surface area contributed by atoms with Crippen molar-refractivity contribution in [1.29, 1.82) is 0 Å². The zero-order valence-electron chi connectivity index (χ0n) is 10.3. The molecule has 16 heavy (non-hydrogen) atoms. The molecule has 1 aliphatic rings. The molecule has 1 heterocycles. The molecule has 2 unspecified atom stereocenters. The summed E-state index contributed by atoms with van der Waals surface area (Å²) in [6.45, 7) is 5.58. The van der Waals surface area contributed by atoms with Gasteiger partial charge in [0, 0.05) is 26.4 Å². The van der Waals surface area contributed by atoms with Crippen molar-refractivity contribution in [1.82, 2.24) is 0 Å². The van der Waals surface area contributed by atoms with Gasteiger partial charge in [-0.1, -0.05) is 0 Å². The van der Waals surface area contributed by atoms with Gasteiger partial charge in [0.15, 0.2) is 0 Å². The minimum absolute atomic E-state index is 0.136. The third kappa shape index (κ3) is 5.80. The summed E-state index contributed by atoms with van der Waals surface area (Å²) in [5.41, 5.74) is 5.58. The lowest BCUT2D eigenvalue weighted by atomic mass is 10.1. The van der Waals surface area contributed by atoms with Gasteiger partial charge in [-0.3, -0.25) is 0 Å².